The highest BCUT2D eigenvalue weighted by molar-refractivity contribution is 14.1. The number of piperidine rings is 1. The van der Waals surface area contributed by atoms with Crippen LogP contribution in [0.3, 0.4) is 0 Å². The van der Waals surface area contributed by atoms with Crippen LogP contribution in [0.2, 0.25) is 0 Å². The van der Waals surface area contributed by atoms with E-state index in [9.17, 15) is 4.79 Å². The smallest absolute Gasteiger partial charge is 0.220 e. The molecule has 1 unspecified atom stereocenters. The molecule has 2 nitrogen and oxygen atoms in total. The van der Waals surface area contributed by atoms with Crippen LogP contribution in [0.4, 0.5) is 0 Å². The molecule has 1 rings (SSSR count). The molecule has 1 saturated heterocycles. The first kappa shape index (κ1) is 7.31. The van der Waals surface area contributed by atoms with Gasteiger partial charge in [0.1, 0.15) is 0 Å². The van der Waals surface area contributed by atoms with Crippen LogP contribution in [0.25, 0.3) is 0 Å². The standard InChI is InChI=1S/C6H10INO/c7-4-5-1-2-8-6(9)3-5/h5H,1-4H2,(H,8,9). The van der Waals surface area contributed by atoms with E-state index in [1.165, 1.54) is 0 Å². The van der Waals surface area contributed by atoms with E-state index in [1.54, 1.807) is 0 Å². The fourth-order valence-corrected chi connectivity index (χ4v) is 1.74. The van der Waals surface area contributed by atoms with Crippen molar-refractivity contribution in [1.82, 2.24) is 5.32 Å². The van der Waals surface area contributed by atoms with Crippen LogP contribution in [-0.2, 0) is 4.79 Å². The Morgan fingerprint density at radius 3 is 3.00 bits per heavy atom. The van der Waals surface area contributed by atoms with Gasteiger partial charge in [0.2, 0.25) is 5.91 Å². The second kappa shape index (κ2) is 3.39. The predicted octanol–water partition coefficient (Wildman–Crippen LogP) is 0.948. The number of carbonyl (C=O) groups excluding carboxylic acids is 1. The zero-order valence-corrected chi connectivity index (χ0v) is 7.35. The van der Waals surface area contributed by atoms with E-state index in [4.69, 9.17) is 0 Å². The van der Waals surface area contributed by atoms with Gasteiger partial charge in [-0.3, -0.25) is 4.79 Å². The first-order valence-corrected chi connectivity index (χ1v) is 4.68. The van der Waals surface area contributed by atoms with Gasteiger partial charge in [-0.05, 0) is 12.3 Å². The summed E-state index contributed by atoms with van der Waals surface area (Å²) in [6, 6.07) is 0. The lowest BCUT2D eigenvalue weighted by atomic mass is 10.0. The zero-order chi connectivity index (χ0) is 6.69. The molecular weight excluding hydrogens is 229 g/mol. The third-order valence-electron chi connectivity index (χ3n) is 1.57. The van der Waals surface area contributed by atoms with Crippen molar-refractivity contribution in [3.05, 3.63) is 0 Å². The minimum Gasteiger partial charge on any atom is -0.356 e. The van der Waals surface area contributed by atoms with Gasteiger partial charge in [0, 0.05) is 17.4 Å². The van der Waals surface area contributed by atoms with Crippen molar-refractivity contribution in [3.63, 3.8) is 0 Å². The van der Waals surface area contributed by atoms with E-state index < -0.39 is 0 Å². The summed E-state index contributed by atoms with van der Waals surface area (Å²) >= 11 is 2.34. The van der Waals surface area contributed by atoms with Gasteiger partial charge >= 0.3 is 0 Å². The maximum absolute atomic E-state index is 10.7. The van der Waals surface area contributed by atoms with Crippen LogP contribution in [0, 0.1) is 5.92 Å². The summed E-state index contributed by atoms with van der Waals surface area (Å²) in [4.78, 5) is 10.7. The molecule has 0 aromatic rings. The first-order valence-electron chi connectivity index (χ1n) is 3.15. The average Bonchev–Trinajstić information content (AvgIpc) is 1.88. The Labute approximate surface area is 68.5 Å². The third kappa shape index (κ3) is 2.12. The van der Waals surface area contributed by atoms with E-state index in [2.05, 4.69) is 27.9 Å². The van der Waals surface area contributed by atoms with E-state index >= 15 is 0 Å². The minimum atomic E-state index is 0.225. The van der Waals surface area contributed by atoms with Gasteiger partial charge in [0.15, 0.2) is 0 Å². The number of hydrogen-bond acceptors (Lipinski definition) is 1. The average molecular weight is 239 g/mol. The summed E-state index contributed by atoms with van der Waals surface area (Å²) in [6.07, 6.45) is 1.90. The molecule has 0 bridgehead atoms. The molecule has 52 valence electrons. The molecule has 0 spiro atoms. The third-order valence-corrected chi connectivity index (χ3v) is 2.81. The Balaban J connectivity index is 2.32. The Bertz CT molecular complexity index is 116. The molecule has 1 aliphatic rings. The predicted molar refractivity (Wildman–Crippen MR) is 44.6 cm³/mol. The molecule has 1 aliphatic heterocycles. The van der Waals surface area contributed by atoms with Crippen molar-refractivity contribution >= 4 is 28.5 Å². The molecule has 9 heavy (non-hydrogen) atoms. The van der Waals surface area contributed by atoms with Gasteiger partial charge in [0.25, 0.3) is 0 Å². The number of alkyl halides is 1. The molecule has 0 aromatic heterocycles. The fraction of sp³-hybridized carbons (Fsp3) is 0.833. The summed E-state index contributed by atoms with van der Waals surface area (Å²) in [7, 11) is 0. The molecule has 3 heteroatoms. The normalized spacial score (nSPS) is 27.7. The number of amides is 1. The molecule has 1 N–H and O–H groups in total. The second-order valence-corrected chi connectivity index (χ2v) is 3.24. The van der Waals surface area contributed by atoms with Gasteiger partial charge in [-0.1, -0.05) is 22.6 Å². The van der Waals surface area contributed by atoms with Crippen molar-refractivity contribution < 1.29 is 4.79 Å². The monoisotopic (exact) mass is 239 g/mol. The molecule has 0 radical (unpaired) electrons. The molecule has 1 atom stereocenters. The molecule has 1 amide bonds. The van der Waals surface area contributed by atoms with Gasteiger partial charge in [-0.2, -0.15) is 0 Å². The lowest BCUT2D eigenvalue weighted by Crippen LogP contribution is -2.33. The Kier molecular flexibility index (Phi) is 2.75. The topological polar surface area (TPSA) is 29.1 Å². The quantitative estimate of drug-likeness (QED) is 0.535. The maximum Gasteiger partial charge on any atom is 0.220 e. The van der Waals surface area contributed by atoms with Gasteiger partial charge in [-0.15, -0.1) is 0 Å². The first-order chi connectivity index (χ1) is 4.33. The van der Waals surface area contributed by atoms with Crippen LogP contribution in [0.5, 0.6) is 0 Å². The Morgan fingerprint density at radius 2 is 2.56 bits per heavy atom. The lowest BCUT2D eigenvalue weighted by molar-refractivity contribution is -0.123. The molecule has 0 aromatic carbocycles. The van der Waals surface area contributed by atoms with Gasteiger partial charge < -0.3 is 5.32 Å². The van der Waals surface area contributed by atoms with Crippen LogP contribution in [-0.4, -0.2) is 16.9 Å². The summed E-state index contributed by atoms with van der Waals surface area (Å²) < 4.78 is 1.12. The molecule has 1 heterocycles. The van der Waals surface area contributed by atoms with E-state index in [0.717, 1.165) is 23.8 Å². The van der Waals surface area contributed by atoms with Crippen molar-refractivity contribution in [2.45, 2.75) is 12.8 Å². The largest absolute Gasteiger partial charge is 0.356 e. The van der Waals surface area contributed by atoms with E-state index in [-0.39, 0.29) is 5.91 Å². The highest BCUT2D eigenvalue weighted by Gasteiger charge is 2.16. The van der Waals surface area contributed by atoms with E-state index in [1.807, 2.05) is 0 Å². The van der Waals surface area contributed by atoms with Crippen LogP contribution in [0.15, 0.2) is 0 Å². The highest BCUT2D eigenvalue weighted by Crippen LogP contribution is 2.14. The summed E-state index contributed by atoms with van der Waals surface area (Å²) in [5.41, 5.74) is 0. The number of hydrogen-bond donors (Lipinski definition) is 1. The molecular formula is C6H10INO. The van der Waals surface area contributed by atoms with Crippen molar-refractivity contribution in [2.24, 2.45) is 5.92 Å². The van der Waals surface area contributed by atoms with Crippen LogP contribution in [0.1, 0.15) is 12.8 Å². The fourth-order valence-electron chi connectivity index (χ4n) is 0.984. The van der Waals surface area contributed by atoms with Gasteiger partial charge in [0.05, 0.1) is 0 Å². The van der Waals surface area contributed by atoms with Crippen molar-refractivity contribution in [1.29, 1.82) is 0 Å². The summed E-state index contributed by atoms with van der Waals surface area (Å²) in [5, 5.41) is 2.80. The van der Waals surface area contributed by atoms with E-state index in [0.29, 0.717) is 5.92 Å². The van der Waals surface area contributed by atoms with Crippen LogP contribution >= 0.6 is 22.6 Å². The number of carbonyl (C=O) groups is 1. The summed E-state index contributed by atoms with van der Waals surface area (Å²) in [6.45, 7) is 0.881. The van der Waals surface area contributed by atoms with Crippen molar-refractivity contribution in [3.8, 4) is 0 Å². The maximum atomic E-state index is 10.7. The number of nitrogens with one attached hydrogen (secondary N) is 1. The molecule has 0 saturated carbocycles. The van der Waals surface area contributed by atoms with Crippen LogP contribution < -0.4 is 5.32 Å². The minimum absolute atomic E-state index is 0.225. The Hall–Kier alpha value is 0.200. The van der Waals surface area contributed by atoms with Crippen molar-refractivity contribution in [2.75, 3.05) is 11.0 Å². The SMILES string of the molecule is O=C1CC(CI)CCN1. The number of halogens is 1. The lowest BCUT2D eigenvalue weighted by Gasteiger charge is -2.19. The van der Waals surface area contributed by atoms with Gasteiger partial charge in [-0.25, -0.2) is 0 Å². The zero-order valence-electron chi connectivity index (χ0n) is 5.19. The molecule has 0 aliphatic carbocycles. The second-order valence-electron chi connectivity index (χ2n) is 2.36. The number of rotatable bonds is 1. The molecule has 1 fully saturated rings. The Morgan fingerprint density at radius 1 is 1.78 bits per heavy atom. The summed E-state index contributed by atoms with van der Waals surface area (Å²) in [5.74, 6) is 0.863. The highest BCUT2D eigenvalue weighted by atomic mass is 127.